The van der Waals surface area contributed by atoms with E-state index in [4.69, 9.17) is 27.9 Å². The fourth-order valence-electron chi connectivity index (χ4n) is 2.79. The van der Waals surface area contributed by atoms with Crippen LogP contribution in [0.3, 0.4) is 0 Å². The van der Waals surface area contributed by atoms with E-state index in [1.807, 2.05) is 0 Å². The molecule has 0 spiro atoms. The van der Waals surface area contributed by atoms with Crippen molar-refractivity contribution >= 4 is 46.5 Å². The molecule has 0 unspecified atom stereocenters. The predicted molar refractivity (Wildman–Crippen MR) is 106 cm³/mol. The number of alkyl halides is 3. The monoisotopic (exact) mass is 448 g/mol. The molecule has 6 nitrogen and oxygen atoms in total. The molecule has 2 heterocycles. The molecular weight excluding hydrogens is 432 g/mol. The van der Waals surface area contributed by atoms with Gasteiger partial charge in [0.1, 0.15) is 5.71 Å². The highest BCUT2D eigenvalue weighted by atomic mass is 35.5. The minimum Gasteiger partial charge on any atom is -0.380 e. The average Bonchev–Trinajstić information content (AvgIpc) is 3.06. The van der Waals surface area contributed by atoms with Gasteiger partial charge in [-0.3, -0.25) is 4.79 Å². The van der Waals surface area contributed by atoms with Gasteiger partial charge in [0.25, 0.3) is 5.91 Å². The summed E-state index contributed by atoms with van der Waals surface area (Å²) in [5.74, 6) is -0.860. The Hall–Kier alpha value is -2.10. The molecule has 2 aliphatic rings. The van der Waals surface area contributed by atoms with Crippen LogP contribution in [0.15, 0.2) is 40.0 Å². The Labute approximate surface area is 175 Å². The van der Waals surface area contributed by atoms with Crippen LogP contribution < -0.4 is 5.32 Å². The number of aliphatic imine (C=N–C) groups is 2. The summed E-state index contributed by atoms with van der Waals surface area (Å²) < 4.78 is 45.8. The summed E-state index contributed by atoms with van der Waals surface area (Å²) in [4.78, 5) is 21.8. The van der Waals surface area contributed by atoms with E-state index in [1.54, 1.807) is 6.07 Å². The lowest BCUT2D eigenvalue weighted by Crippen LogP contribution is -2.35. The zero-order valence-corrected chi connectivity index (χ0v) is 16.6. The van der Waals surface area contributed by atoms with Crippen LogP contribution in [0, 0.1) is 0 Å². The second kappa shape index (κ2) is 9.15. The van der Waals surface area contributed by atoms with E-state index >= 15 is 0 Å². The van der Waals surface area contributed by atoms with Crippen LogP contribution >= 0.6 is 23.2 Å². The molecule has 2 aliphatic heterocycles. The smallest absolute Gasteiger partial charge is 0.380 e. The van der Waals surface area contributed by atoms with Gasteiger partial charge in [-0.1, -0.05) is 29.3 Å². The molecule has 1 fully saturated rings. The van der Waals surface area contributed by atoms with Gasteiger partial charge in [0.05, 0.1) is 22.3 Å². The lowest BCUT2D eigenvalue weighted by atomic mass is 10.1. The first-order chi connectivity index (χ1) is 13.8. The molecule has 0 radical (unpaired) electrons. The van der Waals surface area contributed by atoms with Gasteiger partial charge in [-0.05, 0) is 18.6 Å². The van der Waals surface area contributed by atoms with Crippen molar-refractivity contribution < 1.29 is 22.7 Å². The number of ether oxygens (including phenoxy) is 1. The van der Waals surface area contributed by atoms with Crippen molar-refractivity contribution in [3.63, 3.8) is 0 Å². The number of nitrogens with zero attached hydrogens (tertiary/aromatic N) is 3. The molecular formula is C18H17Cl2F3N4O2. The molecule has 156 valence electrons. The molecule has 0 atom stereocenters. The van der Waals surface area contributed by atoms with E-state index in [0.29, 0.717) is 32.7 Å². The van der Waals surface area contributed by atoms with Gasteiger partial charge < -0.3 is 15.0 Å². The summed E-state index contributed by atoms with van der Waals surface area (Å²) in [7, 11) is 0. The van der Waals surface area contributed by atoms with Crippen molar-refractivity contribution in [2.45, 2.75) is 19.0 Å². The minimum atomic E-state index is -4.73. The second-order valence-corrected chi connectivity index (χ2v) is 7.11. The van der Waals surface area contributed by atoms with Gasteiger partial charge in [0.2, 0.25) is 5.96 Å². The molecule has 1 saturated heterocycles. The number of guanidine groups is 1. The van der Waals surface area contributed by atoms with Crippen LogP contribution in [-0.4, -0.2) is 55.0 Å². The number of halogens is 5. The third kappa shape index (κ3) is 5.49. The third-order valence-electron chi connectivity index (χ3n) is 4.25. The van der Waals surface area contributed by atoms with E-state index in [9.17, 15) is 18.0 Å². The van der Waals surface area contributed by atoms with Crippen LogP contribution in [-0.2, 0) is 9.53 Å². The van der Waals surface area contributed by atoms with Crippen LogP contribution in [0.4, 0.5) is 18.9 Å². The zero-order valence-electron chi connectivity index (χ0n) is 15.1. The Morgan fingerprint density at radius 3 is 2.76 bits per heavy atom. The number of rotatable bonds is 2. The van der Waals surface area contributed by atoms with Crippen molar-refractivity contribution in [1.82, 2.24) is 4.90 Å². The van der Waals surface area contributed by atoms with E-state index in [1.165, 1.54) is 17.0 Å². The van der Waals surface area contributed by atoms with E-state index in [-0.39, 0.29) is 27.3 Å². The molecule has 0 aromatic heterocycles. The molecule has 29 heavy (non-hydrogen) atoms. The van der Waals surface area contributed by atoms with Crippen LogP contribution in [0.25, 0.3) is 0 Å². The van der Waals surface area contributed by atoms with Crippen molar-refractivity contribution in [3.05, 3.63) is 40.0 Å². The Kier molecular flexibility index (Phi) is 6.81. The highest BCUT2D eigenvalue weighted by Crippen LogP contribution is 2.30. The summed E-state index contributed by atoms with van der Waals surface area (Å²) in [5, 5.41) is 2.98. The minimum absolute atomic E-state index is 0.100. The first-order valence-corrected chi connectivity index (χ1v) is 9.51. The largest absolute Gasteiger partial charge is 0.429 e. The van der Waals surface area contributed by atoms with Gasteiger partial charge >= 0.3 is 6.18 Å². The number of hydrogen-bond donors (Lipinski definition) is 1. The summed E-state index contributed by atoms with van der Waals surface area (Å²) in [6, 6.07) is 4.64. The number of benzene rings is 1. The molecule has 1 N–H and O–H groups in total. The van der Waals surface area contributed by atoms with Crippen LogP contribution in [0.1, 0.15) is 12.8 Å². The molecule has 11 heteroatoms. The van der Waals surface area contributed by atoms with Gasteiger partial charge in [-0.15, -0.1) is 0 Å². The van der Waals surface area contributed by atoms with Gasteiger partial charge in [-0.2, -0.15) is 13.2 Å². The van der Waals surface area contributed by atoms with Gasteiger partial charge in [-0.25, -0.2) is 9.98 Å². The topological polar surface area (TPSA) is 66.3 Å². The standard InChI is InChI=1S/C18H17Cl2F3N4O2/c19-12-3-1-4-13(15(12)20)25-17-24-10-11(9-14(26-17)18(21,22)23)16(28)27-5-2-7-29-8-6-27/h1,3-4,10H,2,5-9H2,(H,24,25). The second-order valence-electron chi connectivity index (χ2n) is 6.32. The van der Waals surface area contributed by atoms with Crippen molar-refractivity contribution in [2.75, 3.05) is 31.6 Å². The first-order valence-electron chi connectivity index (χ1n) is 8.75. The Bertz CT molecular complexity index is 876. The maximum atomic E-state index is 13.5. The Morgan fingerprint density at radius 1 is 1.21 bits per heavy atom. The number of hydrogen-bond acceptors (Lipinski definition) is 5. The normalized spacial score (nSPS) is 18.2. The predicted octanol–water partition coefficient (Wildman–Crippen LogP) is 4.30. The number of carbonyl (C=O) groups is 1. The number of amides is 1. The van der Waals surface area contributed by atoms with Gasteiger partial charge in [0, 0.05) is 37.9 Å². The number of carbonyl (C=O) groups excluding carboxylic acids is 1. The lowest BCUT2D eigenvalue weighted by Gasteiger charge is -2.21. The maximum absolute atomic E-state index is 13.5. The summed E-state index contributed by atoms with van der Waals surface area (Å²) in [5.41, 5.74) is -0.988. The molecule has 3 rings (SSSR count). The summed E-state index contributed by atoms with van der Waals surface area (Å²) in [6.07, 6.45) is -3.69. The lowest BCUT2D eigenvalue weighted by molar-refractivity contribution is -0.127. The van der Waals surface area contributed by atoms with Gasteiger partial charge in [0.15, 0.2) is 0 Å². The highest BCUT2D eigenvalue weighted by molar-refractivity contribution is 6.44. The van der Waals surface area contributed by atoms with Crippen LogP contribution in [0.5, 0.6) is 0 Å². The fraction of sp³-hybridized carbons (Fsp3) is 0.389. The number of anilines is 1. The van der Waals surface area contributed by atoms with E-state index in [0.717, 1.165) is 6.20 Å². The molecule has 0 saturated carbocycles. The SMILES string of the molecule is O=C(C1=CN=C(Nc2cccc(Cl)c2Cl)N=C(C(F)(F)F)C1)N1CCCOCC1. The molecule has 0 aliphatic carbocycles. The fourth-order valence-corrected chi connectivity index (χ4v) is 3.14. The van der Waals surface area contributed by atoms with Crippen molar-refractivity contribution in [3.8, 4) is 0 Å². The quantitative estimate of drug-likeness (QED) is 0.733. The molecule has 1 aromatic carbocycles. The summed E-state index contributed by atoms with van der Waals surface area (Å²) in [6.45, 7) is 1.55. The Morgan fingerprint density at radius 2 is 2.00 bits per heavy atom. The van der Waals surface area contributed by atoms with E-state index < -0.39 is 24.2 Å². The molecule has 1 aromatic rings. The highest BCUT2D eigenvalue weighted by Gasteiger charge is 2.38. The van der Waals surface area contributed by atoms with Crippen molar-refractivity contribution in [1.29, 1.82) is 0 Å². The maximum Gasteiger partial charge on any atom is 0.429 e. The van der Waals surface area contributed by atoms with E-state index in [2.05, 4.69) is 15.3 Å². The third-order valence-corrected chi connectivity index (χ3v) is 5.07. The first kappa shape index (κ1) is 21.6. The average molecular weight is 449 g/mol. The number of nitrogens with one attached hydrogen (secondary N) is 1. The van der Waals surface area contributed by atoms with Crippen molar-refractivity contribution in [2.24, 2.45) is 9.98 Å². The molecule has 1 amide bonds. The Balaban J connectivity index is 1.91. The summed E-state index contributed by atoms with van der Waals surface area (Å²) >= 11 is 12.0. The molecule has 0 bridgehead atoms. The van der Waals surface area contributed by atoms with Crippen LogP contribution in [0.2, 0.25) is 10.0 Å². The zero-order chi connectivity index (χ0) is 21.0.